The highest BCUT2D eigenvalue weighted by atomic mass is 32.2. The van der Waals surface area contributed by atoms with Gasteiger partial charge in [-0.3, -0.25) is 9.36 Å². The third kappa shape index (κ3) is 7.56. The molecule has 11 heteroatoms. The Kier molecular flexibility index (Phi) is 10.1. The van der Waals surface area contributed by atoms with E-state index in [4.69, 9.17) is 18.9 Å². The summed E-state index contributed by atoms with van der Waals surface area (Å²) in [5.74, 6) is 3.05. The number of aromatic nitrogens is 3. The Balaban J connectivity index is 1.26. The van der Waals surface area contributed by atoms with Crippen LogP contribution in [0, 0.1) is 0 Å². The molecule has 10 nitrogen and oxygen atoms in total. The molecule has 0 aliphatic rings. The van der Waals surface area contributed by atoms with Crippen molar-refractivity contribution >= 4 is 23.9 Å². The number of thioether (sulfide) groups is 1. The summed E-state index contributed by atoms with van der Waals surface area (Å²) in [5, 5.41) is 13.5. The van der Waals surface area contributed by atoms with E-state index in [-0.39, 0.29) is 11.7 Å². The number of hydrogen-bond donors (Lipinski definition) is 1. The van der Waals surface area contributed by atoms with Gasteiger partial charge in [0.1, 0.15) is 18.1 Å². The van der Waals surface area contributed by atoms with Gasteiger partial charge in [-0.05, 0) is 77.9 Å². The summed E-state index contributed by atoms with van der Waals surface area (Å²) in [6.07, 6.45) is 1.55. The Labute approximate surface area is 259 Å². The number of amides is 1. The zero-order chi connectivity index (χ0) is 30.7. The van der Waals surface area contributed by atoms with Crippen molar-refractivity contribution in [2.24, 2.45) is 5.10 Å². The SMILES string of the molecule is COc1ccc(-c2nnc(SCC(=O)N/N=C\c3ccc(OC)c(OCc4ccccc4)c3)n2-c2ccc(OC)cc2)cc1. The fourth-order valence-electron chi connectivity index (χ4n) is 4.22. The van der Waals surface area contributed by atoms with Crippen LogP contribution in [0.5, 0.6) is 23.0 Å². The van der Waals surface area contributed by atoms with E-state index in [1.54, 1.807) is 33.6 Å². The fourth-order valence-corrected chi connectivity index (χ4v) is 4.96. The summed E-state index contributed by atoms with van der Waals surface area (Å²) in [5.41, 5.74) is 6.04. The molecule has 0 saturated heterocycles. The predicted molar refractivity (Wildman–Crippen MR) is 170 cm³/mol. The van der Waals surface area contributed by atoms with Crippen LogP contribution in [0.3, 0.4) is 0 Å². The topological polar surface area (TPSA) is 109 Å². The second-order valence-electron chi connectivity index (χ2n) is 9.33. The molecule has 0 spiro atoms. The summed E-state index contributed by atoms with van der Waals surface area (Å²) in [6.45, 7) is 0.396. The molecule has 0 atom stereocenters. The molecule has 1 N–H and O–H groups in total. The molecule has 0 aliphatic carbocycles. The van der Waals surface area contributed by atoms with E-state index in [1.165, 1.54) is 11.8 Å². The molecule has 1 heterocycles. The first-order valence-corrected chi connectivity index (χ1v) is 14.6. The lowest BCUT2D eigenvalue weighted by Crippen LogP contribution is -2.20. The average Bonchev–Trinajstić information content (AvgIpc) is 3.51. The van der Waals surface area contributed by atoms with Gasteiger partial charge in [0.2, 0.25) is 0 Å². The van der Waals surface area contributed by atoms with Gasteiger partial charge < -0.3 is 18.9 Å². The van der Waals surface area contributed by atoms with E-state index in [9.17, 15) is 4.79 Å². The van der Waals surface area contributed by atoms with Crippen LogP contribution in [-0.4, -0.2) is 54.0 Å². The summed E-state index contributed by atoms with van der Waals surface area (Å²) in [6, 6.07) is 30.4. The van der Waals surface area contributed by atoms with Gasteiger partial charge in [0, 0.05) is 11.3 Å². The van der Waals surface area contributed by atoms with Crippen molar-refractivity contribution in [2.75, 3.05) is 27.1 Å². The minimum absolute atomic E-state index is 0.0717. The zero-order valence-electron chi connectivity index (χ0n) is 24.5. The fraction of sp³-hybridized carbons (Fsp3) is 0.152. The number of methoxy groups -OCH3 is 3. The van der Waals surface area contributed by atoms with E-state index in [2.05, 4.69) is 20.7 Å². The number of carbonyl (C=O) groups is 1. The molecule has 0 fully saturated rings. The van der Waals surface area contributed by atoms with E-state index in [1.807, 2.05) is 95.6 Å². The second kappa shape index (κ2) is 14.7. The largest absolute Gasteiger partial charge is 0.497 e. The lowest BCUT2D eigenvalue weighted by Gasteiger charge is -2.11. The molecule has 0 saturated carbocycles. The predicted octanol–water partition coefficient (Wildman–Crippen LogP) is 5.78. The van der Waals surface area contributed by atoms with E-state index in [0.717, 1.165) is 33.9 Å². The lowest BCUT2D eigenvalue weighted by molar-refractivity contribution is -0.118. The molecular formula is C33H31N5O5S. The lowest BCUT2D eigenvalue weighted by atomic mass is 10.2. The third-order valence-electron chi connectivity index (χ3n) is 6.47. The number of nitrogens with zero attached hydrogens (tertiary/aromatic N) is 4. The number of hydrazone groups is 1. The highest BCUT2D eigenvalue weighted by molar-refractivity contribution is 7.99. The Morgan fingerprint density at radius 1 is 0.841 bits per heavy atom. The molecule has 44 heavy (non-hydrogen) atoms. The van der Waals surface area contributed by atoms with Crippen LogP contribution in [0.1, 0.15) is 11.1 Å². The minimum Gasteiger partial charge on any atom is -0.497 e. The summed E-state index contributed by atoms with van der Waals surface area (Å²) >= 11 is 1.25. The van der Waals surface area contributed by atoms with Crippen molar-refractivity contribution in [3.05, 3.63) is 108 Å². The Bertz CT molecular complexity index is 1710. The van der Waals surface area contributed by atoms with Gasteiger partial charge in [-0.25, -0.2) is 5.43 Å². The smallest absolute Gasteiger partial charge is 0.250 e. The van der Waals surface area contributed by atoms with Crippen LogP contribution >= 0.6 is 11.8 Å². The molecule has 5 aromatic rings. The van der Waals surface area contributed by atoms with Crippen LogP contribution in [-0.2, 0) is 11.4 Å². The van der Waals surface area contributed by atoms with Crippen molar-refractivity contribution < 1.29 is 23.7 Å². The number of carbonyl (C=O) groups excluding carboxylic acids is 1. The molecule has 0 aliphatic heterocycles. The maximum absolute atomic E-state index is 12.7. The molecule has 5 rings (SSSR count). The van der Waals surface area contributed by atoms with E-state index < -0.39 is 0 Å². The van der Waals surface area contributed by atoms with E-state index in [0.29, 0.717) is 29.1 Å². The summed E-state index contributed by atoms with van der Waals surface area (Å²) in [4.78, 5) is 12.7. The third-order valence-corrected chi connectivity index (χ3v) is 7.40. The second-order valence-corrected chi connectivity index (χ2v) is 10.3. The van der Waals surface area contributed by atoms with Crippen LogP contribution < -0.4 is 24.4 Å². The zero-order valence-corrected chi connectivity index (χ0v) is 25.3. The summed E-state index contributed by atoms with van der Waals surface area (Å²) < 4.78 is 23.9. The molecule has 224 valence electrons. The number of ether oxygens (including phenoxy) is 4. The number of benzene rings is 4. The van der Waals surface area contributed by atoms with Crippen LogP contribution in [0.4, 0.5) is 0 Å². The Hall–Kier alpha value is -5.29. The molecule has 0 bridgehead atoms. The van der Waals surface area contributed by atoms with Crippen molar-refractivity contribution in [3.63, 3.8) is 0 Å². The first-order chi connectivity index (χ1) is 21.6. The van der Waals surface area contributed by atoms with Gasteiger partial charge in [-0.1, -0.05) is 42.1 Å². The number of rotatable bonds is 13. The van der Waals surface area contributed by atoms with Gasteiger partial charge in [-0.2, -0.15) is 5.10 Å². The molecule has 4 aromatic carbocycles. The molecule has 0 radical (unpaired) electrons. The Morgan fingerprint density at radius 2 is 1.55 bits per heavy atom. The molecule has 1 amide bonds. The minimum atomic E-state index is -0.296. The van der Waals surface area contributed by atoms with Crippen molar-refractivity contribution in [1.29, 1.82) is 0 Å². The van der Waals surface area contributed by atoms with Crippen LogP contribution in [0.15, 0.2) is 107 Å². The van der Waals surface area contributed by atoms with Crippen molar-refractivity contribution in [2.45, 2.75) is 11.8 Å². The molecule has 1 aromatic heterocycles. The Morgan fingerprint density at radius 3 is 2.23 bits per heavy atom. The highest BCUT2D eigenvalue weighted by Crippen LogP contribution is 2.30. The van der Waals surface area contributed by atoms with Crippen LogP contribution in [0.25, 0.3) is 17.1 Å². The van der Waals surface area contributed by atoms with Gasteiger partial charge in [0.25, 0.3) is 5.91 Å². The first kappa shape index (κ1) is 30.2. The van der Waals surface area contributed by atoms with Crippen LogP contribution in [0.2, 0.25) is 0 Å². The summed E-state index contributed by atoms with van der Waals surface area (Å²) in [7, 11) is 4.83. The molecular weight excluding hydrogens is 578 g/mol. The van der Waals surface area contributed by atoms with Gasteiger partial charge >= 0.3 is 0 Å². The maximum atomic E-state index is 12.7. The quantitative estimate of drug-likeness (QED) is 0.102. The maximum Gasteiger partial charge on any atom is 0.250 e. The van der Waals surface area contributed by atoms with Gasteiger partial charge in [-0.15, -0.1) is 10.2 Å². The standard InChI is InChI=1S/C33H31N5O5S/c1-40-27-14-10-25(11-15-27)32-36-37-33(38(32)26-12-16-28(41-2)17-13-26)44-22-31(39)35-34-20-24-9-18-29(42-3)30(19-24)43-21-23-7-5-4-6-8-23/h4-20H,21-22H2,1-3H3,(H,35,39)/b34-20-. The average molecular weight is 610 g/mol. The highest BCUT2D eigenvalue weighted by Gasteiger charge is 2.18. The first-order valence-electron chi connectivity index (χ1n) is 13.6. The molecule has 0 unspecified atom stereocenters. The van der Waals surface area contributed by atoms with E-state index >= 15 is 0 Å². The van der Waals surface area contributed by atoms with Crippen molar-refractivity contribution in [3.8, 4) is 40.1 Å². The van der Waals surface area contributed by atoms with Crippen molar-refractivity contribution in [1.82, 2.24) is 20.2 Å². The van der Waals surface area contributed by atoms with Gasteiger partial charge in [0.05, 0.1) is 33.3 Å². The van der Waals surface area contributed by atoms with Gasteiger partial charge in [0.15, 0.2) is 22.5 Å². The number of hydrogen-bond acceptors (Lipinski definition) is 9. The number of nitrogens with one attached hydrogen (secondary N) is 1. The normalized spacial score (nSPS) is 10.9. The monoisotopic (exact) mass is 609 g/mol.